The number of carbonyl (C=O) groups is 1. The van der Waals surface area contributed by atoms with E-state index in [-0.39, 0.29) is 0 Å². The molecule has 0 bridgehead atoms. The number of hydrogen-bond acceptors (Lipinski definition) is 2. The zero-order valence-corrected chi connectivity index (χ0v) is 7.66. The van der Waals surface area contributed by atoms with Gasteiger partial charge in [0.05, 0.1) is 0 Å². The molecular formula is C9H10ClNO2. The van der Waals surface area contributed by atoms with Crippen molar-refractivity contribution in [3.63, 3.8) is 0 Å². The number of benzene rings is 1. The molecule has 1 atom stereocenters. The first-order chi connectivity index (χ1) is 6.09. The summed E-state index contributed by atoms with van der Waals surface area (Å²) in [5, 5.41) is 9.15. The summed E-state index contributed by atoms with van der Waals surface area (Å²) in [7, 11) is 0. The molecule has 0 aliphatic rings. The van der Waals surface area contributed by atoms with Crippen LogP contribution in [-0.4, -0.2) is 17.1 Å². The van der Waals surface area contributed by atoms with Gasteiger partial charge in [-0.2, -0.15) is 0 Å². The molecule has 1 aromatic rings. The van der Waals surface area contributed by atoms with E-state index in [0.717, 1.165) is 5.56 Å². The molecule has 0 aliphatic heterocycles. The van der Waals surface area contributed by atoms with Crippen LogP contribution in [0.5, 0.6) is 0 Å². The highest BCUT2D eigenvalue weighted by Gasteiger charge is 2.11. The molecular weight excluding hydrogens is 190 g/mol. The van der Waals surface area contributed by atoms with Gasteiger partial charge in [0.25, 0.3) is 0 Å². The fourth-order valence-corrected chi connectivity index (χ4v) is 1.22. The molecule has 0 amide bonds. The lowest BCUT2D eigenvalue weighted by atomic mass is 10.1. The van der Waals surface area contributed by atoms with Crippen LogP contribution in [0.4, 0.5) is 0 Å². The summed E-state index contributed by atoms with van der Waals surface area (Å²) in [6.07, 6.45) is 0.301. The topological polar surface area (TPSA) is 63.3 Å². The van der Waals surface area contributed by atoms with Gasteiger partial charge in [0.1, 0.15) is 6.04 Å². The minimum atomic E-state index is -1.00. The molecule has 0 fully saturated rings. The van der Waals surface area contributed by atoms with Gasteiger partial charge in [-0.3, -0.25) is 4.79 Å². The third kappa shape index (κ3) is 3.05. The minimum Gasteiger partial charge on any atom is -0.480 e. The van der Waals surface area contributed by atoms with Gasteiger partial charge in [0.2, 0.25) is 0 Å². The molecule has 0 unspecified atom stereocenters. The molecule has 0 heterocycles. The van der Waals surface area contributed by atoms with Crippen LogP contribution in [0.2, 0.25) is 5.02 Å². The number of carboxylic acids is 1. The largest absolute Gasteiger partial charge is 0.480 e. The normalized spacial score (nSPS) is 12.5. The second kappa shape index (κ2) is 4.25. The van der Waals surface area contributed by atoms with Gasteiger partial charge in [-0.25, -0.2) is 0 Å². The van der Waals surface area contributed by atoms with Crippen molar-refractivity contribution in [1.82, 2.24) is 0 Å². The molecule has 0 radical (unpaired) electrons. The van der Waals surface area contributed by atoms with Crippen LogP contribution in [0.15, 0.2) is 24.3 Å². The van der Waals surface area contributed by atoms with Crippen LogP contribution >= 0.6 is 11.6 Å². The van der Waals surface area contributed by atoms with Gasteiger partial charge < -0.3 is 10.8 Å². The van der Waals surface area contributed by atoms with Crippen molar-refractivity contribution in [1.29, 1.82) is 0 Å². The molecule has 0 saturated heterocycles. The summed E-state index contributed by atoms with van der Waals surface area (Å²) in [4.78, 5) is 10.4. The average molecular weight is 200 g/mol. The molecule has 3 N–H and O–H groups in total. The van der Waals surface area contributed by atoms with Gasteiger partial charge in [-0.15, -0.1) is 0 Å². The summed E-state index contributed by atoms with van der Waals surface area (Å²) in [5.41, 5.74) is 6.19. The van der Waals surface area contributed by atoms with Gasteiger partial charge in [0, 0.05) is 5.02 Å². The van der Waals surface area contributed by atoms with E-state index >= 15 is 0 Å². The lowest BCUT2D eigenvalue weighted by molar-refractivity contribution is -0.138. The summed E-state index contributed by atoms with van der Waals surface area (Å²) in [5.74, 6) is -1.00. The lowest BCUT2D eigenvalue weighted by Crippen LogP contribution is -2.32. The van der Waals surface area contributed by atoms with Gasteiger partial charge in [-0.1, -0.05) is 23.7 Å². The Hall–Kier alpha value is -1.06. The Kier molecular flexibility index (Phi) is 3.28. The number of carboxylic acid groups (broad SMARTS) is 1. The molecule has 0 spiro atoms. The van der Waals surface area contributed by atoms with Gasteiger partial charge >= 0.3 is 5.97 Å². The SMILES string of the molecule is N[C@@H](Cc1cccc(Cl)c1)C(=O)O. The molecule has 1 aromatic carbocycles. The van der Waals surface area contributed by atoms with Gasteiger partial charge in [0.15, 0.2) is 0 Å². The van der Waals surface area contributed by atoms with E-state index in [2.05, 4.69) is 0 Å². The predicted molar refractivity (Wildman–Crippen MR) is 50.8 cm³/mol. The highest BCUT2D eigenvalue weighted by Crippen LogP contribution is 2.11. The lowest BCUT2D eigenvalue weighted by Gasteiger charge is -2.05. The molecule has 0 saturated carbocycles. The van der Waals surface area contributed by atoms with E-state index in [1.807, 2.05) is 0 Å². The Labute approximate surface area is 81.1 Å². The highest BCUT2D eigenvalue weighted by atomic mass is 35.5. The summed E-state index contributed by atoms with van der Waals surface area (Å²) in [6.45, 7) is 0. The van der Waals surface area contributed by atoms with E-state index in [0.29, 0.717) is 11.4 Å². The van der Waals surface area contributed by atoms with Crippen molar-refractivity contribution >= 4 is 17.6 Å². The maximum absolute atomic E-state index is 10.4. The first-order valence-electron chi connectivity index (χ1n) is 3.82. The number of halogens is 1. The predicted octanol–water partition coefficient (Wildman–Crippen LogP) is 1.29. The van der Waals surface area contributed by atoms with Crippen LogP contribution in [0, 0.1) is 0 Å². The molecule has 1 rings (SSSR count). The molecule has 70 valence electrons. The maximum Gasteiger partial charge on any atom is 0.320 e. The maximum atomic E-state index is 10.4. The first-order valence-corrected chi connectivity index (χ1v) is 4.20. The van der Waals surface area contributed by atoms with E-state index in [9.17, 15) is 4.79 Å². The Morgan fingerprint density at radius 2 is 2.31 bits per heavy atom. The zero-order valence-electron chi connectivity index (χ0n) is 6.90. The minimum absolute atomic E-state index is 0.301. The third-order valence-corrected chi connectivity index (χ3v) is 1.90. The Morgan fingerprint density at radius 1 is 1.62 bits per heavy atom. The van der Waals surface area contributed by atoms with Crippen LogP contribution in [0.3, 0.4) is 0 Å². The fourth-order valence-electron chi connectivity index (χ4n) is 1.01. The second-order valence-electron chi connectivity index (χ2n) is 2.78. The Balaban J connectivity index is 2.69. The standard InChI is InChI=1S/C9H10ClNO2/c10-7-3-1-2-6(4-7)5-8(11)9(12)13/h1-4,8H,5,11H2,(H,12,13)/t8-/m0/s1. The molecule has 13 heavy (non-hydrogen) atoms. The van der Waals surface area contributed by atoms with Crippen molar-refractivity contribution < 1.29 is 9.90 Å². The van der Waals surface area contributed by atoms with Gasteiger partial charge in [-0.05, 0) is 24.1 Å². The van der Waals surface area contributed by atoms with Crippen molar-refractivity contribution in [2.24, 2.45) is 5.73 Å². The quantitative estimate of drug-likeness (QED) is 0.771. The van der Waals surface area contributed by atoms with Crippen molar-refractivity contribution in [2.45, 2.75) is 12.5 Å². The number of aliphatic carboxylic acids is 1. The monoisotopic (exact) mass is 199 g/mol. The molecule has 4 heteroatoms. The van der Waals surface area contributed by atoms with Crippen molar-refractivity contribution in [2.75, 3.05) is 0 Å². The van der Waals surface area contributed by atoms with Crippen LogP contribution in [0.1, 0.15) is 5.56 Å². The van der Waals surface area contributed by atoms with Crippen molar-refractivity contribution in [3.8, 4) is 0 Å². The Bertz CT molecular complexity index is 314. The van der Waals surface area contributed by atoms with E-state index in [1.54, 1.807) is 24.3 Å². The Morgan fingerprint density at radius 3 is 2.85 bits per heavy atom. The van der Waals surface area contributed by atoms with Crippen LogP contribution in [0.25, 0.3) is 0 Å². The number of rotatable bonds is 3. The van der Waals surface area contributed by atoms with Crippen LogP contribution < -0.4 is 5.73 Å². The average Bonchev–Trinajstić information content (AvgIpc) is 2.04. The van der Waals surface area contributed by atoms with E-state index < -0.39 is 12.0 Å². The third-order valence-electron chi connectivity index (χ3n) is 1.66. The van der Waals surface area contributed by atoms with E-state index in [1.165, 1.54) is 0 Å². The van der Waals surface area contributed by atoms with Crippen LogP contribution in [-0.2, 0) is 11.2 Å². The summed E-state index contributed by atoms with van der Waals surface area (Å²) in [6, 6.07) is 6.15. The highest BCUT2D eigenvalue weighted by molar-refractivity contribution is 6.30. The smallest absolute Gasteiger partial charge is 0.320 e. The first kappa shape index (κ1) is 10.0. The van der Waals surface area contributed by atoms with E-state index in [4.69, 9.17) is 22.4 Å². The zero-order chi connectivity index (χ0) is 9.84. The summed E-state index contributed by atoms with van der Waals surface area (Å²) >= 11 is 5.72. The fraction of sp³-hybridized carbons (Fsp3) is 0.222. The molecule has 0 aliphatic carbocycles. The number of nitrogens with two attached hydrogens (primary N) is 1. The molecule has 3 nitrogen and oxygen atoms in total. The number of hydrogen-bond donors (Lipinski definition) is 2. The van der Waals surface area contributed by atoms with Crippen molar-refractivity contribution in [3.05, 3.63) is 34.9 Å². The summed E-state index contributed by atoms with van der Waals surface area (Å²) < 4.78 is 0. The second-order valence-corrected chi connectivity index (χ2v) is 3.22. The molecule has 0 aromatic heterocycles.